The molecule has 1 amide bonds. The molecule has 0 atom stereocenters. The fourth-order valence-electron chi connectivity index (χ4n) is 2.49. The van der Waals surface area contributed by atoms with Crippen LogP contribution in [0.4, 0.5) is 0 Å². The minimum Gasteiger partial charge on any atom is -0.464 e. The van der Waals surface area contributed by atoms with Gasteiger partial charge in [0.15, 0.2) is 0 Å². The summed E-state index contributed by atoms with van der Waals surface area (Å²) in [4.78, 5) is 24.5. The Balaban J connectivity index is 1.78. The maximum Gasteiger partial charge on any atom is 0.354 e. The topological polar surface area (TPSA) is 64.6 Å². The molecule has 0 aliphatic carbocycles. The predicted octanol–water partition coefficient (Wildman–Crippen LogP) is 5.19. The Morgan fingerprint density at radius 2 is 1.55 bits per heavy atom. The van der Waals surface area contributed by atoms with Crippen LogP contribution in [0.5, 0.6) is 11.5 Å². The standard InChI is InChI=1S/C23H18BrNO4/c1-28-23(27)20(25-22(26)17-7-3-2-4-8-17)15-16-11-13-18(14-12-16)29-21-10-6-5-9-19(21)24/h2-15H,1H3,(H,25,26)/b20-15-. The van der Waals surface area contributed by atoms with E-state index in [4.69, 9.17) is 9.47 Å². The van der Waals surface area contributed by atoms with E-state index in [2.05, 4.69) is 21.2 Å². The van der Waals surface area contributed by atoms with E-state index in [1.54, 1.807) is 54.6 Å². The molecule has 1 N–H and O–H groups in total. The highest BCUT2D eigenvalue weighted by Gasteiger charge is 2.14. The van der Waals surface area contributed by atoms with Crippen molar-refractivity contribution in [1.82, 2.24) is 5.32 Å². The van der Waals surface area contributed by atoms with Gasteiger partial charge in [-0.3, -0.25) is 4.79 Å². The van der Waals surface area contributed by atoms with Gasteiger partial charge in [-0.1, -0.05) is 42.5 Å². The van der Waals surface area contributed by atoms with Crippen molar-refractivity contribution in [3.63, 3.8) is 0 Å². The molecule has 6 heteroatoms. The Kier molecular flexibility index (Phi) is 6.81. The molecule has 0 unspecified atom stereocenters. The molecule has 0 fully saturated rings. The average Bonchev–Trinajstić information content (AvgIpc) is 2.76. The summed E-state index contributed by atoms with van der Waals surface area (Å²) >= 11 is 3.44. The molecular weight excluding hydrogens is 434 g/mol. The van der Waals surface area contributed by atoms with Crippen LogP contribution in [-0.4, -0.2) is 19.0 Å². The van der Waals surface area contributed by atoms with Crippen LogP contribution in [-0.2, 0) is 9.53 Å². The van der Waals surface area contributed by atoms with E-state index in [1.165, 1.54) is 7.11 Å². The third-order valence-electron chi connectivity index (χ3n) is 3.95. The maximum absolute atomic E-state index is 12.4. The molecule has 0 saturated heterocycles. The highest BCUT2D eigenvalue weighted by atomic mass is 79.9. The number of nitrogens with one attached hydrogen (secondary N) is 1. The average molecular weight is 452 g/mol. The second-order valence-electron chi connectivity index (χ2n) is 5.97. The van der Waals surface area contributed by atoms with Gasteiger partial charge in [-0.05, 0) is 64.0 Å². The molecule has 0 heterocycles. The number of rotatable bonds is 6. The Morgan fingerprint density at radius 3 is 2.21 bits per heavy atom. The lowest BCUT2D eigenvalue weighted by Gasteiger charge is -2.09. The fourth-order valence-corrected chi connectivity index (χ4v) is 2.86. The van der Waals surface area contributed by atoms with Crippen molar-refractivity contribution in [3.8, 4) is 11.5 Å². The highest BCUT2D eigenvalue weighted by Crippen LogP contribution is 2.29. The molecule has 5 nitrogen and oxygen atoms in total. The fraction of sp³-hybridized carbons (Fsp3) is 0.0435. The first-order valence-electron chi connectivity index (χ1n) is 8.75. The smallest absolute Gasteiger partial charge is 0.354 e. The summed E-state index contributed by atoms with van der Waals surface area (Å²) in [7, 11) is 1.26. The maximum atomic E-state index is 12.4. The number of carbonyl (C=O) groups excluding carboxylic acids is 2. The molecule has 146 valence electrons. The van der Waals surface area contributed by atoms with E-state index in [0.717, 1.165) is 4.47 Å². The Morgan fingerprint density at radius 1 is 0.897 bits per heavy atom. The quantitative estimate of drug-likeness (QED) is 0.413. The summed E-state index contributed by atoms with van der Waals surface area (Å²) < 4.78 is 11.5. The third-order valence-corrected chi connectivity index (χ3v) is 4.60. The Labute approximate surface area is 177 Å². The van der Waals surface area contributed by atoms with Crippen LogP contribution in [0, 0.1) is 0 Å². The van der Waals surface area contributed by atoms with Crippen LogP contribution >= 0.6 is 15.9 Å². The molecule has 0 saturated carbocycles. The van der Waals surface area contributed by atoms with Crippen LogP contribution in [0.15, 0.2) is 89.0 Å². The number of ether oxygens (including phenoxy) is 2. The van der Waals surface area contributed by atoms with Crippen LogP contribution in [0.25, 0.3) is 6.08 Å². The van der Waals surface area contributed by atoms with Gasteiger partial charge in [-0.15, -0.1) is 0 Å². The molecule has 0 radical (unpaired) electrons. The van der Waals surface area contributed by atoms with Crippen molar-refractivity contribution in [2.75, 3.05) is 7.11 Å². The number of esters is 1. The van der Waals surface area contributed by atoms with Crippen molar-refractivity contribution < 1.29 is 19.1 Å². The SMILES string of the molecule is COC(=O)/C(=C/c1ccc(Oc2ccccc2Br)cc1)NC(=O)c1ccccc1. The van der Waals surface area contributed by atoms with Gasteiger partial charge >= 0.3 is 5.97 Å². The van der Waals surface area contributed by atoms with Crippen LogP contribution in [0.1, 0.15) is 15.9 Å². The normalized spacial score (nSPS) is 10.9. The van der Waals surface area contributed by atoms with Gasteiger partial charge in [0.25, 0.3) is 5.91 Å². The first kappa shape index (κ1) is 20.4. The first-order valence-corrected chi connectivity index (χ1v) is 9.55. The number of hydrogen-bond donors (Lipinski definition) is 1. The number of carbonyl (C=O) groups is 2. The number of benzene rings is 3. The van der Waals surface area contributed by atoms with Gasteiger partial charge < -0.3 is 14.8 Å². The zero-order valence-corrected chi connectivity index (χ0v) is 17.2. The Hall–Kier alpha value is -3.38. The number of hydrogen-bond acceptors (Lipinski definition) is 4. The third kappa shape index (κ3) is 5.56. The molecule has 3 rings (SSSR count). The van der Waals surface area contributed by atoms with Gasteiger partial charge in [0, 0.05) is 5.56 Å². The molecule has 0 aliphatic rings. The summed E-state index contributed by atoms with van der Waals surface area (Å²) in [6, 6.07) is 23.3. The zero-order valence-electron chi connectivity index (χ0n) is 15.6. The lowest BCUT2D eigenvalue weighted by atomic mass is 10.1. The van der Waals surface area contributed by atoms with Crippen molar-refractivity contribution >= 4 is 33.9 Å². The summed E-state index contributed by atoms with van der Waals surface area (Å²) in [5, 5.41) is 2.60. The van der Waals surface area contributed by atoms with Crippen molar-refractivity contribution in [1.29, 1.82) is 0 Å². The predicted molar refractivity (Wildman–Crippen MR) is 115 cm³/mol. The number of amides is 1. The van der Waals surface area contributed by atoms with Crippen molar-refractivity contribution in [2.24, 2.45) is 0 Å². The van der Waals surface area contributed by atoms with E-state index in [0.29, 0.717) is 22.6 Å². The first-order chi connectivity index (χ1) is 14.1. The van der Waals surface area contributed by atoms with Gasteiger partial charge in [0.1, 0.15) is 17.2 Å². The van der Waals surface area contributed by atoms with E-state index in [9.17, 15) is 9.59 Å². The summed E-state index contributed by atoms with van der Waals surface area (Å²) in [5.41, 5.74) is 1.19. The number of methoxy groups -OCH3 is 1. The van der Waals surface area contributed by atoms with Gasteiger partial charge in [-0.2, -0.15) is 0 Å². The molecule has 29 heavy (non-hydrogen) atoms. The molecule has 3 aromatic rings. The van der Waals surface area contributed by atoms with E-state index in [1.807, 2.05) is 30.3 Å². The summed E-state index contributed by atoms with van der Waals surface area (Å²) in [6.07, 6.45) is 1.55. The van der Waals surface area contributed by atoms with Crippen LogP contribution in [0.3, 0.4) is 0 Å². The number of para-hydroxylation sites is 1. The molecule has 0 aliphatic heterocycles. The highest BCUT2D eigenvalue weighted by molar-refractivity contribution is 9.10. The van der Waals surface area contributed by atoms with Gasteiger partial charge in [0.05, 0.1) is 11.6 Å². The lowest BCUT2D eigenvalue weighted by molar-refractivity contribution is -0.136. The monoisotopic (exact) mass is 451 g/mol. The van der Waals surface area contributed by atoms with E-state index in [-0.39, 0.29) is 5.70 Å². The second-order valence-corrected chi connectivity index (χ2v) is 6.83. The molecular formula is C23H18BrNO4. The number of halogens is 1. The lowest BCUT2D eigenvalue weighted by Crippen LogP contribution is -2.28. The van der Waals surface area contributed by atoms with Crippen molar-refractivity contribution in [2.45, 2.75) is 0 Å². The summed E-state index contributed by atoms with van der Waals surface area (Å²) in [5.74, 6) is 0.308. The minimum absolute atomic E-state index is 0.0424. The Bertz CT molecular complexity index is 1030. The van der Waals surface area contributed by atoms with Gasteiger partial charge in [-0.25, -0.2) is 4.79 Å². The van der Waals surface area contributed by atoms with E-state index < -0.39 is 11.9 Å². The minimum atomic E-state index is -0.636. The molecule has 0 aromatic heterocycles. The second kappa shape index (κ2) is 9.71. The molecule has 0 bridgehead atoms. The van der Waals surface area contributed by atoms with E-state index >= 15 is 0 Å². The van der Waals surface area contributed by atoms with Crippen LogP contribution < -0.4 is 10.1 Å². The largest absolute Gasteiger partial charge is 0.464 e. The summed E-state index contributed by atoms with van der Waals surface area (Å²) in [6.45, 7) is 0. The van der Waals surface area contributed by atoms with Gasteiger partial charge in [0.2, 0.25) is 0 Å². The zero-order chi connectivity index (χ0) is 20.6. The van der Waals surface area contributed by atoms with Crippen LogP contribution in [0.2, 0.25) is 0 Å². The van der Waals surface area contributed by atoms with Crippen molar-refractivity contribution in [3.05, 3.63) is 100 Å². The molecule has 0 spiro atoms. The molecule has 3 aromatic carbocycles.